The van der Waals surface area contributed by atoms with E-state index in [1.165, 1.54) is 18.2 Å². The molecule has 0 N–H and O–H groups in total. The average molecular weight is 272 g/mol. The molecule has 0 bridgehead atoms. The van der Waals surface area contributed by atoms with Crippen LogP contribution in [0.2, 0.25) is 0 Å². The fourth-order valence-corrected chi connectivity index (χ4v) is 1.73. The average Bonchev–Trinajstić information content (AvgIpc) is 2.45. The third kappa shape index (κ3) is 3.17. The molecule has 0 spiro atoms. The summed E-state index contributed by atoms with van der Waals surface area (Å²) in [6, 6.07) is 5.83. The van der Waals surface area contributed by atoms with Crippen molar-refractivity contribution in [1.82, 2.24) is 4.98 Å². The molecule has 1 heterocycles. The lowest BCUT2D eigenvalue weighted by molar-refractivity contribution is -0.384. The van der Waals surface area contributed by atoms with E-state index in [9.17, 15) is 14.9 Å². The first-order chi connectivity index (χ1) is 9.60. The van der Waals surface area contributed by atoms with Crippen molar-refractivity contribution in [3.05, 3.63) is 63.5 Å². The Morgan fingerprint density at radius 3 is 2.80 bits per heavy atom. The molecule has 0 radical (unpaired) electrons. The summed E-state index contributed by atoms with van der Waals surface area (Å²) in [4.78, 5) is 25.1. The number of hydrogen-bond donors (Lipinski definition) is 0. The number of hydrogen-bond acceptors (Lipinski definition) is 5. The van der Waals surface area contributed by atoms with E-state index in [4.69, 9.17) is 4.74 Å². The summed E-state index contributed by atoms with van der Waals surface area (Å²) in [5.74, 6) is 0.312. The third-order valence-corrected chi connectivity index (χ3v) is 2.66. The first kappa shape index (κ1) is 13.7. The molecule has 2 aromatic rings. The summed E-state index contributed by atoms with van der Waals surface area (Å²) >= 11 is 0. The van der Waals surface area contributed by atoms with E-state index < -0.39 is 4.92 Å². The van der Waals surface area contributed by atoms with Gasteiger partial charge in [0, 0.05) is 30.1 Å². The van der Waals surface area contributed by atoms with E-state index >= 15 is 0 Å². The van der Waals surface area contributed by atoms with Crippen molar-refractivity contribution in [3.8, 4) is 5.75 Å². The molecule has 0 fully saturated rings. The predicted molar refractivity (Wildman–Crippen MR) is 71.8 cm³/mol. The summed E-state index contributed by atoms with van der Waals surface area (Å²) in [6.45, 7) is 2.16. The normalized spacial score (nSPS) is 10.1. The second kappa shape index (κ2) is 5.92. The Hall–Kier alpha value is -2.76. The van der Waals surface area contributed by atoms with Crippen molar-refractivity contribution in [2.24, 2.45) is 0 Å². The molecule has 0 saturated carbocycles. The highest BCUT2D eigenvalue weighted by Crippen LogP contribution is 2.23. The number of ether oxygens (including phenoxy) is 1. The van der Waals surface area contributed by atoms with Crippen LogP contribution in [0.3, 0.4) is 0 Å². The zero-order valence-electron chi connectivity index (χ0n) is 10.8. The molecule has 0 aliphatic rings. The number of nitrogens with zero attached hydrogens (tertiary/aromatic N) is 2. The maximum Gasteiger partial charge on any atom is 0.270 e. The van der Waals surface area contributed by atoms with Crippen molar-refractivity contribution in [3.63, 3.8) is 0 Å². The first-order valence-electron chi connectivity index (χ1n) is 5.87. The molecule has 2 rings (SSSR count). The maximum atomic E-state index is 11.0. The van der Waals surface area contributed by atoms with Crippen LogP contribution in [0.15, 0.2) is 36.7 Å². The van der Waals surface area contributed by atoms with E-state index in [1.807, 2.05) is 13.0 Å². The number of carbonyl (C=O) groups excluding carboxylic acids is 1. The fraction of sp³-hybridized carbons (Fsp3) is 0.143. The van der Waals surface area contributed by atoms with E-state index in [1.54, 1.807) is 12.4 Å². The van der Waals surface area contributed by atoms with Crippen molar-refractivity contribution in [1.29, 1.82) is 0 Å². The number of non-ortho nitro benzene ring substituents is 1. The van der Waals surface area contributed by atoms with Gasteiger partial charge in [-0.2, -0.15) is 0 Å². The summed E-state index contributed by atoms with van der Waals surface area (Å²) in [6.07, 6.45) is 3.93. The first-order valence-corrected chi connectivity index (χ1v) is 5.87. The Bertz CT molecular complexity index is 655. The van der Waals surface area contributed by atoms with Crippen LogP contribution in [0.4, 0.5) is 5.69 Å². The van der Waals surface area contributed by atoms with E-state index in [2.05, 4.69) is 4.98 Å². The quantitative estimate of drug-likeness (QED) is 0.474. The van der Waals surface area contributed by atoms with Gasteiger partial charge in [0.05, 0.1) is 10.5 Å². The lowest BCUT2D eigenvalue weighted by atomic mass is 10.2. The van der Waals surface area contributed by atoms with Gasteiger partial charge >= 0.3 is 0 Å². The molecule has 6 nitrogen and oxygen atoms in total. The minimum atomic E-state index is -0.554. The van der Waals surface area contributed by atoms with Gasteiger partial charge in [-0.25, -0.2) is 0 Å². The molecule has 0 unspecified atom stereocenters. The van der Waals surface area contributed by atoms with E-state index in [0.29, 0.717) is 12.0 Å². The standard InChI is InChI=1S/C14H12N2O4/c1-10-4-11(7-15-6-10)9-20-14-3-2-13(16(18)19)5-12(14)8-17/h2-8H,9H2,1H3. The van der Waals surface area contributed by atoms with Gasteiger partial charge < -0.3 is 4.74 Å². The second-order valence-corrected chi connectivity index (χ2v) is 4.26. The molecular formula is C14H12N2O4. The van der Waals surface area contributed by atoms with Gasteiger partial charge in [0.15, 0.2) is 6.29 Å². The van der Waals surface area contributed by atoms with Crippen molar-refractivity contribution in [2.45, 2.75) is 13.5 Å². The van der Waals surface area contributed by atoms with Gasteiger partial charge in [-0.3, -0.25) is 19.9 Å². The number of nitro benzene ring substituents is 1. The largest absolute Gasteiger partial charge is 0.488 e. The zero-order chi connectivity index (χ0) is 14.5. The Labute approximate surface area is 115 Å². The van der Waals surface area contributed by atoms with Gasteiger partial charge in [0.2, 0.25) is 0 Å². The van der Waals surface area contributed by atoms with Crippen molar-refractivity contribution < 1.29 is 14.5 Å². The highest BCUT2D eigenvalue weighted by Gasteiger charge is 2.11. The van der Waals surface area contributed by atoms with Crippen LogP contribution in [-0.2, 0) is 6.61 Å². The van der Waals surface area contributed by atoms with Crippen LogP contribution in [0.1, 0.15) is 21.5 Å². The molecule has 0 amide bonds. The number of pyridine rings is 1. The molecule has 0 aliphatic heterocycles. The molecule has 1 aromatic heterocycles. The Kier molecular flexibility index (Phi) is 4.05. The fourth-order valence-electron chi connectivity index (χ4n) is 1.73. The van der Waals surface area contributed by atoms with Gasteiger partial charge in [-0.1, -0.05) is 0 Å². The van der Waals surface area contributed by atoms with Crippen LogP contribution in [0.5, 0.6) is 5.75 Å². The topological polar surface area (TPSA) is 82.3 Å². The Balaban J connectivity index is 2.17. The highest BCUT2D eigenvalue weighted by atomic mass is 16.6. The number of rotatable bonds is 5. The number of aromatic nitrogens is 1. The SMILES string of the molecule is Cc1cncc(COc2ccc([N+](=O)[O-])cc2C=O)c1. The van der Waals surface area contributed by atoms with Crippen molar-refractivity contribution >= 4 is 12.0 Å². The van der Waals surface area contributed by atoms with Crippen molar-refractivity contribution in [2.75, 3.05) is 0 Å². The van der Waals surface area contributed by atoms with Gasteiger partial charge in [0.25, 0.3) is 5.69 Å². The van der Waals surface area contributed by atoms with E-state index in [-0.39, 0.29) is 17.9 Å². The number of aryl methyl sites for hydroxylation is 1. The lowest BCUT2D eigenvalue weighted by Crippen LogP contribution is -2.00. The lowest BCUT2D eigenvalue weighted by Gasteiger charge is -2.08. The number of nitro groups is 1. The number of aldehydes is 1. The van der Waals surface area contributed by atoms with Crippen LogP contribution in [0, 0.1) is 17.0 Å². The second-order valence-electron chi connectivity index (χ2n) is 4.26. The zero-order valence-corrected chi connectivity index (χ0v) is 10.8. The maximum absolute atomic E-state index is 11.0. The number of carbonyl (C=O) groups is 1. The highest BCUT2D eigenvalue weighted by molar-refractivity contribution is 5.80. The van der Waals surface area contributed by atoms with Crippen LogP contribution < -0.4 is 4.74 Å². The van der Waals surface area contributed by atoms with Crippen LogP contribution in [-0.4, -0.2) is 16.2 Å². The van der Waals surface area contributed by atoms with Gasteiger partial charge in [-0.05, 0) is 24.6 Å². The van der Waals surface area contributed by atoms with Gasteiger partial charge in [-0.15, -0.1) is 0 Å². The minimum Gasteiger partial charge on any atom is -0.488 e. The molecule has 6 heteroatoms. The molecule has 0 aliphatic carbocycles. The predicted octanol–water partition coefficient (Wildman–Crippen LogP) is 2.69. The number of benzene rings is 1. The molecule has 20 heavy (non-hydrogen) atoms. The molecule has 102 valence electrons. The molecule has 1 aromatic carbocycles. The smallest absolute Gasteiger partial charge is 0.270 e. The monoisotopic (exact) mass is 272 g/mol. The minimum absolute atomic E-state index is 0.142. The summed E-state index contributed by atoms with van der Waals surface area (Å²) in [7, 11) is 0. The van der Waals surface area contributed by atoms with E-state index in [0.717, 1.165) is 11.1 Å². The Morgan fingerprint density at radius 1 is 1.35 bits per heavy atom. The van der Waals surface area contributed by atoms with Crippen LogP contribution >= 0.6 is 0 Å². The summed E-state index contributed by atoms with van der Waals surface area (Å²) in [5, 5.41) is 10.6. The summed E-state index contributed by atoms with van der Waals surface area (Å²) < 4.78 is 5.51. The molecule has 0 atom stereocenters. The molecular weight excluding hydrogens is 260 g/mol. The summed E-state index contributed by atoms with van der Waals surface area (Å²) in [5.41, 5.74) is 1.88. The Morgan fingerprint density at radius 2 is 2.15 bits per heavy atom. The third-order valence-electron chi connectivity index (χ3n) is 2.66. The molecule has 0 saturated heterocycles. The van der Waals surface area contributed by atoms with Gasteiger partial charge in [0.1, 0.15) is 12.4 Å². The van der Waals surface area contributed by atoms with Crippen LogP contribution in [0.25, 0.3) is 0 Å².